The standard InChI is InChI=1S/C25H35N3O4S/c1-7-13-26-25(30)21(5)27(16-22-10-8-9-18(2)14-22)24(29)17-28(33(6,31)32)23-15-19(3)11-12-20(23)4/h8-12,14-15,21H,7,13,16-17H2,1-6H3,(H,26,30). The minimum Gasteiger partial charge on any atom is -0.354 e. The molecule has 2 aromatic rings. The van der Waals surface area contributed by atoms with Gasteiger partial charge in [-0.2, -0.15) is 0 Å². The molecule has 0 bridgehead atoms. The van der Waals surface area contributed by atoms with E-state index < -0.39 is 22.0 Å². The average molecular weight is 474 g/mol. The van der Waals surface area contributed by atoms with E-state index in [4.69, 9.17) is 0 Å². The van der Waals surface area contributed by atoms with Crippen molar-refractivity contribution >= 4 is 27.5 Å². The Balaban J connectivity index is 2.42. The molecule has 2 aromatic carbocycles. The fraction of sp³-hybridized carbons (Fsp3) is 0.440. The van der Waals surface area contributed by atoms with E-state index in [2.05, 4.69) is 5.32 Å². The Bertz CT molecular complexity index is 1100. The van der Waals surface area contributed by atoms with Gasteiger partial charge in [-0.15, -0.1) is 0 Å². The van der Waals surface area contributed by atoms with Crippen molar-refractivity contribution in [1.82, 2.24) is 10.2 Å². The molecule has 0 fully saturated rings. The number of nitrogens with zero attached hydrogens (tertiary/aromatic N) is 2. The molecule has 0 aliphatic rings. The van der Waals surface area contributed by atoms with Gasteiger partial charge in [-0.3, -0.25) is 13.9 Å². The Labute approximate surface area is 197 Å². The number of rotatable bonds is 10. The lowest BCUT2D eigenvalue weighted by Crippen LogP contribution is -2.51. The number of carbonyl (C=O) groups excluding carboxylic acids is 2. The van der Waals surface area contributed by atoms with Gasteiger partial charge in [-0.05, 0) is 56.9 Å². The molecule has 2 amide bonds. The summed E-state index contributed by atoms with van der Waals surface area (Å²) >= 11 is 0. The van der Waals surface area contributed by atoms with Crippen molar-refractivity contribution in [2.45, 2.75) is 53.6 Å². The Hall–Kier alpha value is -2.87. The predicted octanol–water partition coefficient (Wildman–Crippen LogP) is 3.32. The molecular weight excluding hydrogens is 438 g/mol. The van der Waals surface area contributed by atoms with Crippen LogP contribution in [0, 0.1) is 20.8 Å². The van der Waals surface area contributed by atoms with Crippen LogP contribution in [0.2, 0.25) is 0 Å². The van der Waals surface area contributed by atoms with E-state index in [0.717, 1.165) is 39.2 Å². The summed E-state index contributed by atoms with van der Waals surface area (Å²) in [7, 11) is -3.74. The molecule has 33 heavy (non-hydrogen) atoms. The molecular formula is C25H35N3O4S. The van der Waals surface area contributed by atoms with E-state index >= 15 is 0 Å². The van der Waals surface area contributed by atoms with Crippen LogP contribution in [0.4, 0.5) is 5.69 Å². The van der Waals surface area contributed by atoms with Crippen molar-refractivity contribution in [2.24, 2.45) is 0 Å². The van der Waals surface area contributed by atoms with Crippen LogP contribution in [0.1, 0.15) is 42.5 Å². The topological polar surface area (TPSA) is 86.8 Å². The predicted molar refractivity (Wildman–Crippen MR) is 133 cm³/mol. The summed E-state index contributed by atoms with van der Waals surface area (Å²) in [6, 6.07) is 12.4. The zero-order valence-corrected chi connectivity index (χ0v) is 21.2. The number of hydrogen-bond donors (Lipinski definition) is 1. The smallest absolute Gasteiger partial charge is 0.244 e. The Morgan fingerprint density at radius 3 is 2.30 bits per heavy atom. The van der Waals surface area contributed by atoms with Crippen LogP contribution in [0.25, 0.3) is 0 Å². The molecule has 1 N–H and O–H groups in total. The number of aryl methyl sites for hydroxylation is 3. The number of nitrogens with one attached hydrogen (secondary N) is 1. The highest BCUT2D eigenvalue weighted by atomic mass is 32.2. The molecule has 180 valence electrons. The molecule has 0 spiro atoms. The molecule has 0 saturated carbocycles. The average Bonchev–Trinajstić information content (AvgIpc) is 2.74. The third-order valence-electron chi connectivity index (χ3n) is 5.46. The van der Waals surface area contributed by atoms with Gasteiger partial charge in [0.05, 0.1) is 11.9 Å². The first kappa shape index (κ1) is 26.4. The normalized spacial score (nSPS) is 12.2. The largest absolute Gasteiger partial charge is 0.354 e. The van der Waals surface area contributed by atoms with Gasteiger partial charge in [0.15, 0.2) is 0 Å². The summed E-state index contributed by atoms with van der Waals surface area (Å²) in [4.78, 5) is 27.7. The van der Waals surface area contributed by atoms with Crippen LogP contribution >= 0.6 is 0 Å². The quantitative estimate of drug-likeness (QED) is 0.574. The van der Waals surface area contributed by atoms with E-state index in [1.807, 2.05) is 64.1 Å². The first-order valence-corrected chi connectivity index (χ1v) is 13.0. The summed E-state index contributed by atoms with van der Waals surface area (Å²) in [6.45, 7) is 9.58. The molecule has 8 heteroatoms. The van der Waals surface area contributed by atoms with E-state index in [9.17, 15) is 18.0 Å². The fourth-order valence-corrected chi connectivity index (χ4v) is 4.47. The van der Waals surface area contributed by atoms with E-state index in [1.165, 1.54) is 4.90 Å². The minimum atomic E-state index is -3.74. The van der Waals surface area contributed by atoms with Crippen molar-refractivity contribution in [3.05, 3.63) is 64.7 Å². The third-order valence-corrected chi connectivity index (χ3v) is 6.59. The van der Waals surface area contributed by atoms with Gasteiger partial charge >= 0.3 is 0 Å². The maximum atomic E-state index is 13.5. The van der Waals surface area contributed by atoms with Crippen molar-refractivity contribution < 1.29 is 18.0 Å². The van der Waals surface area contributed by atoms with E-state index in [0.29, 0.717) is 12.2 Å². The zero-order chi connectivity index (χ0) is 24.8. The molecule has 7 nitrogen and oxygen atoms in total. The zero-order valence-electron chi connectivity index (χ0n) is 20.4. The fourth-order valence-electron chi connectivity index (χ4n) is 3.57. The lowest BCUT2D eigenvalue weighted by molar-refractivity contribution is -0.139. The summed E-state index contributed by atoms with van der Waals surface area (Å²) in [5, 5.41) is 2.83. The molecule has 2 rings (SSSR count). The van der Waals surface area contributed by atoms with Crippen LogP contribution in [0.5, 0.6) is 0 Å². The Morgan fingerprint density at radius 1 is 1.03 bits per heavy atom. The molecule has 0 heterocycles. The minimum absolute atomic E-state index is 0.200. The van der Waals surface area contributed by atoms with E-state index in [-0.39, 0.29) is 19.0 Å². The molecule has 0 saturated heterocycles. The SMILES string of the molecule is CCCNC(=O)C(C)N(Cc1cccc(C)c1)C(=O)CN(c1cc(C)ccc1C)S(C)(=O)=O. The van der Waals surface area contributed by atoms with Crippen molar-refractivity contribution in [3.63, 3.8) is 0 Å². The van der Waals surface area contributed by atoms with Crippen LogP contribution < -0.4 is 9.62 Å². The molecule has 0 aliphatic carbocycles. The van der Waals surface area contributed by atoms with Crippen LogP contribution in [0.3, 0.4) is 0 Å². The molecule has 0 aliphatic heterocycles. The van der Waals surface area contributed by atoms with Crippen LogP contribution in [-0.4, -0.2) is 50.5 Å². The Morgan fingerprint density at radius 2 is 1.70 bits per heavy atom. The van der Waals surface area contributed by atoms with E-state index in [1.54, 1.807) is 13.0 Å². The number of amides is 2. The van der Waals surface area contributed by atoms with Gasteiger partial charge in [-0.1, -0.05) is 48.9 Å². The maximum Gasteiger partial charge on any atom is 0.244 e. The second-order valence-corrected chi connectivity index (χ2v) is 10.4. The van der Waals surface area contributed by atoms with Gasteiger partial charge in [0.1, 0.15) is 12.6 Å². The third kappa shape index (κ3) is 7.32. The summed E-state index contributed by atoms with van der Waals surface area (Å²) in [5.74, 6) is -0.711. The monoisotopic (exact) mass is 473 g/mol. The summed E-state index contributed by atoms with van der Waals surface area (Å²) < 4.78 is 26.5. The first-order chi connectivity index (χ1) is 15.4. The van der Waals surface area contributed by atoms with Gasteiger partial charge in [0.2, 0.25) is 21.8 Å². The van der Waals surface area contributed by atoms with Gasteiger partial charge in [0, 0.05) is 13.1 Å². The molecule has 0 radical (unpaired) electrons. The van der Waals surface area contributed by atoms with Gasteiger partial charge in [0.25, 0.3) is 0 Å². The highest BCUT2D eigenvalue weighted by Gasteiger charge is 2.30. The highest BCUT2D eigenvalue weighted by Crippen LogP contribution is 2.24. The van der Waals surface area contributed by atoms with Crippen molar-refractivity contribution in [2.75, 3.05) is 23.7 Å². The van der Waals surface area contributed by atoms with Crippen LogP contribution in [-0.2, 0) is 26.2 Å². The first-order valence-electron chi connectivity index (χ1n) is 11.1. The highest BCUT2D eigenvalue weighted by molar-refractivity contribution is 7.92. The van der Waals surface area contributed by atoms with Gasteiger partial charge < -0.3 is 10.2 Å². The second kappa shape index (κ2) is 11.3. The lowest BCUT2D eigenvalue weighted by atomic mass is 10.1. The molecule has 1 atom stereocenters. The summed E-state index contributed by atoms with van der Waals surface area (Å²) in [6.07, 6.45) is 1.86. The van der Waals surface area contributed by atoms with Crippen molar-refractivity contribution in [3.8, 4) is 0 Å². The molecule has 0 aromatic heterocycles. The summed E-state index contributed by atoms with van der Waals surface area (Å²) in [5.41, 5.74) is 4.01. The van der Waals surface area contributed by atoms with Gasteiger partial charge in [-0.25, -0.2) is 8.42 Å². The number of sulfonamides is 1. The second-order valence-electron chi connectivity index (χ2n) is 8.54. The maximum absolute atomic E-state index is 13.5. The van der Waals surface area contributed by atoms with Crippen molar-refractivity contribution in [1.29, 1.82) is 0 Å². The number of hydrogen-bond acceptors (Lipinski definition) is 4. The number of carbonyl (C=O) groups is 2. The van der Waals surface area contributed by atoms with Crippen LogP contribution in [0.15, 0.2) is 42.5 Å². The lowest BCUT2D eigenvalue weighted by Gasteiger charge is -2.32. The Kier molecular flexibility index (Phi) is 9.05. The molecule has 1 unspecified atom stereocenters. The number of benzene rings is 2. The number of anilines is 1.